The Morgan fingerprint density at radius 2 is 2.33 bits per heavy atom. The second-order valence-electron chi connectivity index (χ2n) is 2.79. The summed E-state index contributed by atoms with van der Waals surface area (Å²) in [6, 6.07) is 5.25. The zero-order valence-electron chi connectivity index (χ0n) is 7.88. The molecule has 0 aliphatic rings. The Labute approximate surface area is 101 Å². The van der Waals surface area contributed by atoms with Crippen molar-refractivity contribution in [2.24, 2.45) is 0 Å². The molecule has 0 saturated heterocycles. The number of carbonyl (C=O) groups is 1. The van der Waals surface area contributed by atoms with Crippen LogP contribution in [0, 0.1) is 11.3 Å². The fourth-order valence-electron chi connectivity index (χ4n) is 1.08. The van der Waals surface area contributed by atoms with Crippen molar-refractivity contribution in [1.29, 1.82) is 5.26 Å². The lowest BCUT2D eigenvalue weighted by Gasteiger charge is -2.05. The van der Waals surface area contributed by atoms with Crippen molar-refractivity contribution in [1.82, 2.24) is 0 Å². The van der Waals surface area contributed by atoms with Gasteiger partial charge in [-0.25, -0.2) is 0 Å². The first-order valence-electron chi connectivity index (χ1n) is 4.03. The SMILES string of the molecule is COC(=O)Cc1cc(Br)cc(C#N)c1Cl. The number of carbonyl (C=O) groups excluding carboxylic acids is 1. The monoisotopic (exact) mass is 287 g/mol. The van der Waals surface area contributed by atoms with Gasteiger partial charge in [0.15, 0.2) is 0 Å². The van der Waals surface area contributed by atoms with Crippen LogP contribution in [0.5, 0.6) is 0 Å². The molecule has 5 heteroatoms. The Bertz CT molecular complexity index is 440. The van der Waals surface area contributed by atoms with Gasteiger partial charge in [-0.15, -0.1) is 0 Å². The van der Waals surface area contributed by atoms with Gasteiger partial charge in [0.25, 0.3) is 0 Å². The van der Waals surface area contributed by atoms with E-state index in [1.807, 2.05) is 6.07 Å². The molecule has 0 spiro atoms. The summed E-state index contributed by atoms with van der Waals surface area (Å²) in [4.78, 5) is 11.1. The third-order valence-corrected chi connectivity index (χ3v) is 2.70. The van der Waals surface area contributed by atoms with E-state index in [2.05, 4.69) is 20.7 Å². The summed E-state index contributed by atoms with van der Waals surface area (Å²) in [5, 5.41) is 9.08. The Kier molecular flexibility index (Phi) is 4.13. The van der Waals surface area contributed by atoms with E-state index in [4.69, 9.17) is 16.9 Å². The minimum atomic E-state index is -0.390. The van der Waals surface area contributed by atoms with Crippen LogP contribution in [0.2, 0.25) is 5.02 Å². The fraction of sp³-hybridized carbons (Fsp3) is 0.200. The molecule has 0 N–H and O–H groups in total. The van der Waals surface area contributed by atoms with Gasteiger partial charge >= 0.3 is 5.97 Å². The highest BCUT2D eigenvalue weighted by Crippen LogP contribution is 2.26. The van der Waals surface area contributed by atoms with Crippen molar-refractivity contribution in [2.75, 3.05) is 7.11 Å². The molecule has 0 radical (unpaired) electrons. The second kappa shape index (κ2) is 5.15. The Morgan fingerprint density at radius 1 is 1.67 bits per heavy atom. The number of benzene rings is 1. The molecule has 0 aromatic heterocycles. The molecule has 0 saturated carbocycles. The lowest BCUT2D eigenvalue weighted by atomic mass is 10.1. The van der Waals surface area contributed by atoms with Crippen LogP contribution >= 0.6 is 27.5 Å². The van der Waals surface area contributed by atoms with Crippen LogP contribution in [0.15, 0.2) is 16.6 Å². The van der Waals surface area contributed by atoms with Gasteiger partial charge in [0.2, 0.25) is 0 Å². The molecule has 0 bridgehead atoms. The van der Waals surface area contributed by atoms with Crippen LogP contribution in [0.3, 0.4) is 0 Å². The number of rotatable bonds is 2. The number of ether oxygens (including phenoxy) is 1. The summed E-state index contributed by atoms with van der Waals surface area (Å²) in [6.45, 7) is 0. The zero-order chi connectivity index (χ0) is 11.4. The number of hydrogen-bond acceptors (Lipinski definition) is 3. The lowest BCUT2D eigenvalue weighted by Crippen LogP contribution is -2.05. The molecular weight excluding hydrogens is 281 g/mol. The van der Waals surface area contributed by atoms with E-state index in [1.54, 1.807) is 12.1 Å². The molecule has 0 amide bonds. The van der Waals surface area contributed by atoms with E-state index in [-0.39, 0.29) is 12.4 Å². The van der Waals surface area contributed by atoms with Gasteiger partial charge in [0.1, 0.15) is 6.07 Å². The molecule has 1 aromatic rings. The number of esters is 1. The first-order chi connectivity index (χ1) is 7.08. The van der Waals surface area contributed by atoms with Crippen LogP contribution < -0.4 is 0 Å². The van der Waals surface area contributed by atoms with Crippen LogP contribution in [-0.2, 0) is 16.0 Å². The van der Waals surface area contributed by atoms with Crippen molar-refractivity contribution in [3.63, 3.8) is 0 Å². The van der Waals surface area contributed by atoms with E-state index in [9.17, 15) is 4.79 Å². The van der Waals surface area contributed by atoms with Gasteiger partial charge in [0.05, 0.1) is 24.1 Å². The van der Waals surface area contributed by atoms with Crippen LogP contribution in [0.1, 0.15) is 11.1 Å². The van der Waals surface area contributed by atoms with E-state index in [0.717, 1.165) is 0 Å². The van der Waals surface area contributed by atoms with Crippen molar-refractivity contribution in [3.8, 4) is 6.07 Å². The largest absolute Gasteiger partial charge is 0.469 e. The maximum absolute atomic E-state index is 11.1. The molecule has 15 heavy (non-hydrogen) atoms. The standard InChI is InChI=1S/C10H7BrClNO2/c1-15-9(14)4-6-2-8(11)3-7(5-13)10(6)12/h2-3H,4H2,1H3. The van der Waals surface area contributed by atoms with E-state index < -0.39 is 0 Å². The molecule has 0 aliphatic carbocycles. The van der Waals surface area contributed by atoms with Gasteiger partial charge in [-0.1, -0.05) is 27.5 Å². The fourth-order valence-corrected chi connectivity index (χ4v) is 1.81. The molecule has 0 aliphatic heterocycles. The minimum absolute atomic E-state index is 0.0590. The van der Waals surface area contributed by atoms with Crippen LogP contribution in [-0.4, -0.2) is 13.1 Å². The van der Waals surface area contributed by atoms with Gasteiger partial charge in [-0.3, -0.25) is 4.79 Å². The molecule has 78 valence electrons. The lowest BCUT2D eigenvalue weighted by molar-refractivity contribution is -0.139. The van der Waals surface area contributed by atoms with Gasteiger partial charge in [-0.05, 0) is 17.7 Å². The van der Waals surface area contributed by atoms with Crippen molar-refractivity contribution >= 4 is 33.5 Å². The van der Waals surface area contributed by atoms with Crippen LogP contribution in [0.4, 0.5) is 0 Å². The third-order valence-electron chi connectivity index (χ3n) is 1.80. The highest BCUT2D eigenvalue weighted by molar-refractivity contribution is 9.10. The maximum atomic E-state index is 11.1. The van der Waals surface area contributed by atoms with Crippen molar-refractivity contribution in [2.45, 2.75) is 6.42 Å². The molecular formula is C10H7BrClNO2. The van der Waals surface area contributed by atoms with Gasteiger partial charge < -0.3 is 4.74 Å². The summed E-state index contributed by atoms with van der Waals surface area (Å²) in [6.07, 6.45) is 0.0590. The summed E-state index contributed by atoms with van der Waals surface area (Å²) in [7, 11) is 1.30. The average Bonchev–Trinajstić information content (AvgIpc) is 2.22. The number of hydrogen-bond donors (Lipinski definition) is 0. The number of halogens is 2. The summed E-state index contributed by atoms with van der Waals surface area (Å²) in [5.41, 5.74) is 0.916. The topological polar surface area (TPSA) is 50.1 Å². The molecule has 1 aromatic carbocycles. The quantitative estimate of drug-likeness (QED) is 0.786. The minimum Gasteiger partial charge on any atom is -0.469 e. The van der Waals surface area contributed by atoms with Gasteiger partial charge in [0, 0.05) is 4.47 Å². The summed E-state index contributed by atoms with van der Waals surface area (Å²) >= 11 is 9.17. The molecule has 0 unspecified atom stereocenters. The first kappa shape index (κ1) is 12.0. The molecule has 0 heterocycles. The van der Waals surface area contributed by atoms with E-state index in [1.165, 1.54) is 7.11 Å². The third kappa shape index (κ3) is 2.95. The van der Waals surface area contributed by atoms with Crippen molar-refractivity contribution in [3.05, 3.63) is 32.8 Å². The second-order valence-corrected chi connectivity index (χ2v) is 4.08. The predicted molar refractivity (Wildman–Crippen MR) is 59.6 cm³/mol. The molecule has 0 fully saturated rings. The zero-order valence-corrected chi connectivity index (χ0v) is 10.2. The number of nitriles is 1. The van der Waals surface area contributed by atoms with Gasteiger partial charge in [-0.2, -0.15) is 5.26 Å². The molecule has 3 nitrogen and oxygen atoms in total. The Morgan fingerprint density at radius 3 is 2.87 bits per heavy atom. The first-order valence-corrected chi connectivity index (χ1v) is 5.20. The highest BCUT2D eigenvalue weighted by atomic mass is 79.9. The number of methoxy groups -OCH3 is 1. The van der Waals surface area contributed by atoms with E-state index >= 15 is 0 Å². The Balaban J connectivity index is 3.13. The average molecular weight is 289 g/mol. The maximum Gasteiger partial charge on any atom is 0.310 e. The predicted octanol–water partition coefficient (Wildman–Crippen LogP) is 2.69. The number of nitrogens with zero attached hydrogens (tertiary/aromatic N) is 1. The highest BCUT2D eigenvalue weighted by Gasteiger charge is 2.11. The molecule has 1 rings (SSSR count). The Hall–Kier alpha value is -1.05. The summed E-state index contributed by atoms with van der Waals surface area (Å²) in [5.74, 6) is -0.390. The molecule has 0 atom stereocenters. The normalized spacial score (nSPS) is 9.47. The smallest absolute Gasteiger partial charge is 0.310 e. The van der Waals surface area contributed by atoms with E-state index in [0.29, 0.717) is 20.6 Å². The van der Waals surface area contributed by atoms with Crippen molar-refractivity contribution < 1.29 is 9.53 Å². The summed E-state index contributed by atoms with van der Waals surface area (Å²) < 4.78 is 5.24. The van der Waals surface area contributed by atoms with Crippen LogP contribution in [0.25, 0.3) is 0 Å².